The third-order valence-electron chi connectivity index (χ3n) is 4.67. The molecule has 0 bridgehead atoms. The fraction of sp³-hybridized carbons (Fsp3) is 0.444. The molecule has 1 aliphatic rings. The summed E-state index contributed by atoms with van der Waals surface area (Å²) in [5.41, 5.74) is 0.789. The Hall–Kier alpha value is -2.29. The Morgan fingerprint density at radius 2 is 2.15 bits per heavy atom. The summed E-state index contributed by atoms with van der Waals surface area (Å²) in [6.45, 7) is 4.79. The molecule has 1 unspecified atom stereocenters. The number of piperazine rings is 1. The Labute approximate surface area is 162 Å². The number of aromatic nitrogens is 5. The fourth-order valence-electron chi connectivity index (χ4n) is 3.19. The summed E-state index contributed by atoms with van der Waals surface area (Å²) >= 11 is 6.36. The lowest BCUT2D eigenvalue weighted by molar-refractivity contribution is 0.190. The number of hydrogen-bond acceptors (Lipinski definition) is 7. The minimum Gasteiger partial charge on any atom is -0.330 e. The molecule has 1 aliphatic heterocycles. The minimum absolute atomic E-state index is 0.0806. The second-order valence-corrected chi connectivity index (χ2v) is 7.03. The average Bonchev–Trinajstić information content (AvgIpc) is 3.30. The predicted octanol–water partition coefficient (Wildman–Crippen LogP) is 2.50. The number of para-hydroxylation sites is 1. The maximum Gasteiger partial charge on any atom is 0.297 e. The second-order valence-electron chi connectivity index (χ2n) is 6.62. The maximum atomic E-state index is 6.36. The van der Waals surface area contributed by atoms with Crippen molar-refractivity contribution in [3.05, 3.63) is 40.9 Å². The van der Waals surface area contributed by atoms with Crippen LogP contribution in [-0.4, -0.2) is 56.5 Å². The van der Waals surface area contributed by atoms with E-state index in [1.54, 1.807) is 4.68 Å². The van der Waals surface area contributed by atoms with Gasteiger partial charge in [0.2, 0.25) is 5.82 Å². The van der Waals surface area contributed by atoms with Crippen LogP contribution in [0.2, 0.25) is 5.02 Å². The molecular weight excluding hydrogens is 366 g/mol. The lowest BCUT2D eigenvalue weighted by Crippen LogP contribution is -2.44. The van der Waals surface area contributed by atoms with Crippen LogP contribution in [0.5, 0.6) is 0 Å². The van der Waals surface area contributed by atoms with Crippen molar-refractivity contribution in [3.63, 3.8) is 0 Å². The van der Waals surface area contributed by atoms with Gasteiger partial charge in [0.05, 0.1) is 16.8 Å². The maximum absolute atomic E-state index is 6.36. The normalized spacial score (nSPS) is 18.1. The van der Waals surface area contributed by atoms with E-state index in [1.165, 1.54) is 0 Å². The van der Waals surface area contributed by atoms with Crippen LogP contribution >= 0.6 is 11.6 Å². The highest BCUT2D eigenvalue weighted by Gasteiger charge is 2.27. The van der Waals surface area contributed by atoms with Crippen molar-refractivity contribution < 1.29 is 4.52 Å². The van der Waals surface area contributed by atoms with Gasteiger partial charge in [0, 0.05) is 26.1 Å². The number of likely N-dealkylation sites (N-methyl/N-ethyl adjacent to an activating group) is 1. The zero-order valence-corrected chi connectivity index (χ0v) is 16.1. The van der Waals surface area contributed by atoms with Crippen molar-refractivity contribution in [2.75, 3.05) is 26.7 Å². The molecular formula is C18H22ClN7O. The summed E-state index contributed by atoms with van der Waals surface area (Å²) in [5, 5.41) is 12.7. The average molecular weight is 388 g/mol. The molecule has 4 rings (SSSR count). The van der Waals surface area contributed by atoms with Gasteiger partial charge in [0.15, 0.2) is 5.82 Å². The van der Waals surface area contributed by atoms with Gasteiger partial charge in [0.25, 0.3) is 5.89 Å². The number of hydrogen-bond donors (Lipinski definition) is 1. The molecule has 3 aromatic rings. The van der Waals surface area contributed by atoms with E-state index < -0.39 is 0 Å². The molecule has 1 atom stereocenters. The number of benzene rings is 1. The standard InChI is InChI=1S/C18H22ClN7O/c1-3-6-15-21-17(23-26(15)13-8-5-4-7-12(13)19)18-22-16(24-27-18)14-11-20-9-10-25(14)2/h4-5,7-8,14,20H,3,6,9-11H2,1-2H3. The largest absolute Gasteiger partial charge is 0.330 e. The van der Waals surface area contributed by atoms with Gasteiger partial charge in [-0.2, -0.15) is 4.98 Å². The topological polar surface area (TPSA) is 84.9 Å². The lowest BCUT2D eigenvalue weighted by Gasteiger charge is -2.30. The molecule has 1 saturated heterocycles. The van der Waals surface area contributed by atoms with E-state index in [0.29, 0.717) is 22.6 Å². The van der Waals surface area contributed by atoms with Crippen LogP contribution in [0.25, 0.3) is 17.4 Å². The molecule has 1 aromatic carbocycles. The Morgan fingerprint density at radius 3 is 2.93 bits per heavy atom. The van der Waals surface area contributed by atoms with E-state index >= 15 is 0 Å². The van der Waals surface area contributed by atoms with Crippen molar-refractivity contribution in [3.8, 4) is 17.4 Å². The van der Waals surface area contributed by atoms with E-state index in [0.717, 1.165) is 44.0 Å². The Balaban J connectivity index is 1.69. The SMILES string of the molecule is CCCc1nc(-c2nc(C3CNCCN3C)no2)nn1-c1ccccc1Cl. The third kappa shape index (κ3) is 3.60. The van der Waals surface area contributed by atoms with Crippen molar-refractivity contribution in [1.29, 1.82) is 0 Å². The van der Waals surface area contributed by atoms with Crippen molar-refractivity contribution in [2.24, 2.45) is 0 Å². The first kappa shape index (κ1) is 18.1. The van der Waals surface area contributed by atoms with Gasteiger partial charge in [0.1, 0.15) is 5.82 Å². The molecule has 0 radical (unpaired) electrons. The fourth-order valence-corrected chi connectivity index (χ4v) is 3.41. The number of nitrogens with zero attached hydrogens (tertiary/aromatic N) is 6. The zero-order valence-electron chi connectivity index (χ0n) is 15.4. The van der Waals surface area contributed by atoms with Crippen LogP contribution < -0.4 is 5.32 Å². The molecule has 27 heavy (non-hydrogen) atoms. The van der Waals surface area contributed by atoms with Crippen LogP contribution in [0.3, 0.4) is 0 Å². The molecule has 9 heteroatoms. The molecule has 0 saturated carbocycles. The highest BCUT2D eigenvalue weighted by atomic mass is 35.5. The Bertz CT molecular complexity index is 922. The first-order valence-corrected chi connectivity index (χ1v) is 9.51. The number of aryl methyl sites for hydroxylation is 1. The van der Waals surface area contributed by atoms with Gasteiger partial charge in [-0.15, -0.1) is 5.10 Å². The second kappa shape index (κ2) is 7.75. The molecule has 8 nitrogen and oxygen atoms in total. The highest BCUT2D eigenvalue weighted by Crippen LogP contribution is 2.25. The quantitative estimate of drug-likeness (QED) is 0.719. The molecule has 142 valence electrons. The van der Waals surface area contributed by atoms with Gasteiger partial charge in [-0.05, 0) is 25.6 Å². The van der Waals surface area contributed by atoms with E-state index in [2.05, 4.69) is 44.4 Å². The molecule has 3 heterocycles. The summed E-state index contributed by atoms with van der Waals surface area (Å²) in [4.78, 5) is 11.4. The van der Waals surface area contributed by atoms with Crippen LogP contribution in [0, 0.1) is 0 Å². The molecule has 0 amide bonds. The van der Waals surface area contributed by atoms with E-state index in [4.69, 9.17) is 16.1 Å². The number of halogens is 1. The molecule has 0 aliphatic carbocycles. The zero-order chi connectivity index (χ0) is 18.8. The van der Waals surface area contributed by atoms with Crippen molar-refractivity contribution in [1.82, 2.24) is 35.1 Å². The van der Waals surface area contributed by atoms with Gasteiger partial charge in [-0.1, -0.05) is 35.8 Å². The van der Waals surface area contributed by atoms with Gasteiger partial charge < -0.3 is 9.84 Å². The first-order valence-electron chi connectivity index (χ1n) is 9.13. The third-order valence-corrected chi connectivity index (χ3v) is 4.99. The summed E-state index contributed by atoms with van der Waals surface area (Å²) in [5.74, 6) is 2.21. The van der Waals surface area contributed by atoms with Gasteiger partial charge in [-0.25, -0.2) is 9.67 Å². The summed E-state index contributed by atoms with van der Waals surface area (Å²) in [6.07, 6.45) is 1.71. The monoisotopic (exact) mass is 387 g/mol. The number of nitrogens with one attached hydrogen (secondary N) is 1. The smallest absolute Gasteiger partial charge is 0.297 e. The Morgan fingerprint density at radius 1 is 1.30 bits per heavy atom. The van der Waals surface area contributed by atoms with Crippen LogP contribution in [-0.2, 0) is 6.42 Å². The van der Waals surface area contributed by atoms with Crippen molar-refractivity contribution in [2.45, 2.75) is 25.8 Å². The van der Waals surface area contributed by atoms with E-state index in [1.807, 2.05) is 24.3 Å². The molecule has 1 N–H and O–H groups in total. The molecule has 1 fully saturated rings. The minimum atomic E-state index is 0.0806. The summed E-state index contributed by atoms with van der Waals surface area (Å²) < 4.78 is 7.24. The number of rotatable bonds is 5. The molecule has 0 spiro atoms. The summed E-state index contributed by atoms with van der Waals surface area (Å²) in [6, 6.07) is 7.65. The van der Waals surface area contributed by atoms with Crippen molar-refractivity contribution >= 4 is 11.6 Å². The van der Waals surface area contributed by atoms with Gasteiger partial charge in [-0.3, -0.25) is 4.90 Å². The predicted molar refractivity (Wildman–Crippen MR) is 102 cm³/mol. The van der Waals surface area contributed by atoms with Crippen LogP contribution in [0.4, 0.5) is 0 Å². The van der Waals surface area contributed by atoms with Gasteiger partial charge >= 0.3 is 0 Å². The Kier molecular flexibility index (Phi) is 5.20. The lowest BCUT2D eigenvalue weighted by atomic mass is 10.2. The van der Waals surface area contributed by atoms with Crippen LogP contribution in [0.15, 0.2) is 28.8 Å². The highest BCUT2D eigenvalue weighted by molar-refractivity contribution is 6.32. The summed E-state index contributed by atoms with van der Waals surface area (Å²) in [7, 11) is 2.06. The van der Waals surface area contributed by atoms with Crippen LogP contribution in [0.1, 0.15) is 31.0 Å². The van der Waals surface area contributed by atoms with E-state index in [-0.39, 0.29) is 6.04 Å². The molecule has 2 aromatic heterocycles. The van der Waals surface area contributed by atoms with E-state index in [9.17, 15) is 0 Å². The first-order chi connectivity index (χ1) is 13.2.